The van der Waals surface area contributed by atoms with Gasteiger partial charge in [0, 0.05) is 58.2 Å². The van der Waals surface area contributed by atoms with E-state index in [4.69, 9.17) is 20.0 Å². The molecule has 50 heteroatoms. The molecule has 5 aromatic heterocycles. The average Bonchev–Trinajstić information content (AvgIpc) is 1.64. The number of nitro groups is 1. The van der Waals surface area contributed by atoms with Crippen molar-refractivity contribution in [2.75, 3.05) is 37.4 Å². The number of primary sulfonamides is 3. The number of sulfonamides is 7. The predicted molar refractivity (Wildman–Crippen MR) is 518 cm³/mol. The molecule has 5 heterocycles. The molecule has 0 aliphatic carbocycles. The van der Waals surface area contributed by atoms with Crippen LogP contribution < -0.4 is 39.2 Å². The van der Waals surface area contributed by atoms with Crippen LogP contribution >= 0.6 is 45.3 Å². The fraction of sp³-hybridized carbons (Fsp3) is 0.512. The number of anilines is 5. The van der Waals surface area contributed by atoms with Crippen LogP contribution in [0.4, 0.5) is 31.9 Å². The van der Waals surface area contributed by atoms with Crippen molar-refractivity contribution in [1.82, 2.24) is 51.1 Å². The minimum atomic E-state index is -4.06. The molecule has 0 fully saturated rings. The van der Waals surface area contributed by atoms with Crippen molar-refractivity contribution in [3.63, 3.8) is 0 Å². The molecule has 0 aliphatic heterocycles. The molecule has 0 atom stereocenters. The Balaban J connectivity index is 0.000000251. The first-order valence-corrected chi connectivity index (χ1v) is 57.9. The molecule has 736 valence electrons. The molecule has 5 aromatic carbocycles. The van der Waals surface area contributed by atoms with Crippen molar-refractivity contribution in [3.05, 3.63) is 147 Å². The molecular formula is C84H119N19O20S11. The van der Waals surface area contributed by atoms with Crippen LogP contribution in [-0.2, 0) is 117 Å². The quantitative estimate of drug-likeness (QED) is 0.0106. The van der Waals surface area contributed by atoms with Crippen LogP contribution in [0, 0.1) is 10.1 Å². The molecule has 0 saturated carbocycles. The highest BCUT2D eigenvalue weighted by Gasteiger charge is 2.27. The lowest BCUT2D eigenvalue weighted by Crippen LogP contribution is -2.19. The number of non-ortho nitro benzene ring substituents is 1. The van der Waals surface area contributed by atoms with E-state index in [0.717, 1.165) is 92.3 Å². The van der Waals surface area contributed by atoms with E-state index < -0.39 is 88.1 Å². The summed E-state index contributed by atoms with van der Waals surface area (Å²) >= 11 is 2.79. The van der Waals surface area contributed by atoms with E-state index in [1.165, 1.54) is 201 Å². The summed E-state index contributed by atoms with van der Waals surface area (Å²) in [4.78, 5) is 48.2. The zero-order chi connectivity index (χ0) is 98.0. The fourth-order valence-corrected chi connectivity index (χ4v) is 23.1. The molecule has 0 unspecified atom stereocenters. The number of Topliss-reactive ketones (excluding diaryl/α,β-unsaturated/α-hetero) is 3. The van der Waals surface area contributed by atoms with Crippen molar-refractivity contribution >= 4 is 176 Å². The number of nitrogens with zero attached hydrogens (tertiary/aromatic N) is 12. The van der Waals surface area contributed by atoms with Gasteiger partial charge >= 0.3 is 5.69 Å². The number of aromatic nitrogens is 10. The van der Waals surface area contributed by atoms with Crippen molar-refractivity contribution in [1.29, 1.82) is 0 Å². The minimum absolute atomic E-state index is 0.0363. The van der Waals surface area contributed by atoms with Crippen LogP contribution in [0.5, 0.6) is 0 Å². The third kappa shape index (κ3) is 40.2. The standard InChI is InChI=1S/C32H45N7O5S2.C22H34N4O5S3.C19H28N4O5S3.C11H12N4O5S3/c1-3-4-5-6-7-8-9-10-11-13-16-25-18-20-26(21-19-25)46(42,43)37-32-34-33-29(45-32)17-14-12-15-24-38(2)27-22-23-28(39(40)41)31-30(27)35-44-36-31;1-2-3-4-5-6-7-8-9-10-11-12-19(27)17-18-13-15-20(16-14-18)34(30,31)26-21-24-25-22(32-21)33(23,28)29;1-2-3-4-5-6-7-8-9-16(24)14-15-10-12-17(13-11-15)31(27,28)23-18-21-22-19(29-18)30(20,25)26;1-7(16)6-8-2-4-9(5-3-8)23(19,20)15-10-13-14-11(21-10)22(12,17)18/h18-23H,3-17,24H2,1-2H3,(H,34,37);13-16H,2-12,17H2,1H3,(H,24,26)(H2,23,28,29);10-13H,2-9,14H2,1H3,(H,21,23)(H2,20,25,26);2-5H,6H2,1H3,(H,13,15)(H2,12,17,18). The van der Waals surface area contributed by atoms with E-state index in [1.54, 1.807) is 42.5 Å². The summed E-state index contributed by atoms with van der Waals surface area (Å²) in [7, 11) is -25.9. The van der Waals surface area contributed by atoms with Gasteiger partial charge in [-0.1, -0.05) is 275 Å². The van der Waals surface area contributed by atoms with Crippen molar-refractivity contribution in [3.8, 4) is 0 Å². The van der Waals surface area contributed by atoms with Crippen LogP contribution in [0.15, 0.2) is 146 Å². The van der Waals surface area contributed by atoms with Gasteiger partial charge in [-0.05, 0) is 133 Å². The summed E-state index contributed by atoms with van der Waals surface area (Å²) in [6.45, 7) is 8.79. The number of fused-ring (bicyclic) bond motifs is 1. The maximum absolute atomic E-state index is 12.9. The number of rotatable bonds is 59. The first-order chi connectivity index (χ1) is 63.6. The second kappa shape index (κ2) is 55.8. The number of nitrogens with one attached hydrogen (secondary N) is 4. The third-order valence-electron chi connectivity index (χ3n) is 20.5. The summed E-state index contributed by atoms with van der Waals surface area (Å²) in [6.07, 6.45) is 39.2. The Labute approximate surface area is 800 Å². The molecule has 0 amide bonds. The van der Waals surface area contributed by atoms with Gasteiger partial charge in [-0.3, -0.25) is 43.4 Å². The fourth-order valence-electron chi connectivity index (χ4n) is 13.4. The number of aryl methyl sites for hydroxylation is 2. The minimum Gasteiger partial charge on any atom is -0.373 e. The molecular weight excluding hydrogens is 1950 g/mol. The zero-order valence-electron chi connectivity index (χ0n) is 75.5. The van der Waals surface area contributed by atoms with Gasteiger partial charge in [0.15, 0.2) is 5.52 Å². The largest absolute Gasteiger partial charge is 0.373 e. The van der Waals surface area contributed by atoms with E-state index >= 15 is 0 Å². The molecule has 10 rings (SSSR count). The molecule has 0 saturated heterocycles. The van der Waals surface area contributed by atoms with Gasteiger partial charge in [0.25, 0.3) is 70.2 Å². The molecule has 0 radical (unpaired) electrons. The van der Waals surface area contributed by atoms with Crippen molar-refractivity contribution in [2.45, 2.75) is 298 Å². The number of hydrogen-bond donors (Lipinski definition) is 7. The number of nitrogens with two attached hydrogens (primary N) is 3. The second-order valence-electron chi connectivity index (χ2n) is 31.9. The first-order valence-electron chi connectivity index (χ1n) is 44.1. The first kappa shape index (κ1) is 112. The van der Waals surface area contributed by atoms with E-state index in [9.17, 15) is 83.4 Å². The maximum Gasteiger partial charge on any atom is 0.300 e. The Hall–Kier alpha value is -9.32. The summed E-state index contributed by atoms with van der Waals surface area (Å²) in [6, 6.07) is 27.8. The van der Waals surface area contributed by atoms with Gasteiger partial charge in [-0.2, -0.15) is 0 Å². The average molecular weight is 2070 g/mol. The zero-order valence-corrected chi connectivity index (χ0v) is 84.5. The predicted octanol–water partition coefficient (Wildman–Crippen LogP) is 15.9. The van der Waals surface area contributed by atoms with E-state index in [1.807, 2.05) is 24.1 Å². The topological polar surface area (TPSA) is 605 Å². The summed E-state index contributed by atoms with van der Waals surface area (Å²) in [5, 5.41) is 62.5. The highest BCUT2D eigenvalue weighted by atomic mass is 32.3. The normalized spacial score (nSPS) is 11.9. The molecule has 10 aromatic rings. The molecule has 0 spiro atoms. The SMILES string of the molecule is CC(=O)Cc1ccc(S(=O)(=O)Nc2nnc(S(N)(=O)=O)s2)cc1.CCCCCCCCCC(=O)Cc1ccc(S(=O)(=O)Nc2nnc(S(N)(=O)=O)s2)cc1.CCCCCCCCCCCCC(=O)Cc1ccc(S(=O)(=O)Nc2nnc(S(N)(=O)=O)s2)cc1.CCCCCCCCCCCCc1ccc(S(=O)(=O)Nc2nnc(CCCCCN(C)c3ccc([N+](=O)[O-])c4nonc34)s2)cc1. The van der Waals surface area contributed by atoms with E-state index in [-0.39, 0.29) is 87.9 Å². The number of hydrogen-bond acceptors (Lipinski definition) is 35. The second-order valence-corrected chi connectivity index (χ2v) is 47.8. The lowest BCUT2D eigenvalue weighted by Gasteiger charge is -2.18. The third-order valence-corrected chi connectivity index (χ3v) is 33.8. The van der Waals surface area contributed by atoms with Crippen molar-refractivity contribution < 1.29 is 82.9 Å². The van der Waals surface area contributed by atoms with Gasteiger partial charge in [-0.25, -0.2) is 79.0 Å². The summed E-state index contributed by atoms with van der Waals surface area (Å²) in [5.74, 6) is 0.229. The monoisotopic (exact) mass is 2070 g/mol. The molecule has 39 nitrogen and oxygen atoms in total. The maximum atomic E-state index is 12.9. The van der Waals surface area contributed by atoms with Crippen LogP contribution in [0.2, 0.25) is 0 Å². The van der Waals surface area contributed by atoms with Gasteiger partial charge in [-0.15, -0.1) is 40.8 Å². The van der Waals surface area contributed by atoms with E-state index in [0.29, 0.717) is 76.6 Å². The summed E-state index contributed by atoms with van der Waals surface area (Å²) in [5.41, 5.74) is 4.38. The summed E-state index contributed by atoms with van der Waals surface area (Å²) < 4.78 is 180. The Kier molecular flexibility index (Phi) is 46.5. The van der Waals surface area contributed by atoms with Gasteiger partial charge in [0.2, 0.25) is 39.1 Å². The van der Waals surface area contributed by atoms with Crippen LogP contribution in [0.1, 0.15) is 260 Å². The number of nitro benzene ring substituents is 1. The van der Waals surface area contributed by atoms with Gasteiger partial charge < -0.3 is 4.90 Å². The lowest BCUT2D eigenvalue weighted by atomic mass is 10.0. The molecule has 134 heavy (non-hydrogen) atoms. The highest BCUT2D eigenvalue weighted by Crippen LogP contribution is 2.33. The van der Waals surface area contributed by atoms with Crippen LogP contribution in [-0.4, -0.2) is 146 Å². The molecule has 0 bridgehead atoms. The number of carbonyl (C=O) groups excluding carboxylic acids is 3. The molecule has 10 N–H and O–H groups in total. The Bertz CT molecular complexity index is 6230. The Morgan fingerprint density at radius 3 is 1.00 bits per heavy atom. The smallest absolute Gasteiger partial charge is 0.300 e. The highest BCUT2D eigenvalue weighted by molar-refractivity contribution is 7.94. The van der Waals surface area contributed by atoms with Crippen LogP contribution in [0.3, 0.4) is 0 Å². The Morgan fingerprint density at radius 2 is 0.664 bits per heavy atom. The Morgan fingerprint density at radius 1 is 0.366 bits per heavy atom. The number of benzene rings is 5. The van der Waals surface area contributed by atoms with Gasteiger partial charge in [0.1, 0.15) is 22.4 Å². The van der Waals surface area contributed by atoms with E-state index in [2.05, 4.69) is 90.8 Å². The number of ketones is 3. The van der Waals surface area contributed by atoms with Crippen molar-refractivity contribution in [2.24, 2.45) is 15.4 Å². The number of carbonyl (C=O) groups is 3. The van der Waals surface area contributed by atoms with Crippen LogP contribution in [0.25, 0.3) is 11.0 Å². The van der Waals surface area contributed by atoms with Gasteiger partial charge in [0.05, 0.1) is 30.2 Å². The molecule has 0 aliphatic rings. The lowest BCUT2D eigenvalue weighted by molar-refractivity contribution is -0.383. The number of unbranched alkanes of at least 4 members (excludes halogenated alkanes) is 26.